The van der Waals surface area contributed by atoms with Gasteiger partial charge in [0.25, 0.3) is 5.91 Å². The summed E-state index contributed by atoms with van der Waals surface area (Å²) in [4.78, 5) is 42.7. The molecule has 0 atom stereocenters. The molecule has 0 fully saturated rings. The quantitative estimate of drug-likeness (QED) is 0.0483. The van der Waals surface area contributed by atoms with Crippen molar-refractivity contribution in [3.63, 3.8) is 0 Å². The molecule has 1 aromatic rings. The summed E-state index contributed by atoms with van der Waals surface area (Å²) in [6.45, 7) is 11.8. The van der Waals surface area contributed by atoms with Gasteiger partial charge in [0.1, 0.15) is 6.10 Å². The smallest absolute Gasteiger partial charge is 0.306 e. The first kappa shape index (κ1) is 52.7. The first-order valence-corrected chi connectivity index (χ1v) is 25.4. The van der Waals surface area contributed by atoms with Gasteiger partial charge >= 0.3 is 11.9 Å². The molecule has 0 aliphatic carbocycles. The van der Waals surface area contributed by atoms with Crippen molar-refractivity contribution in [1.29, 1.82) is 0 Å². The van der Waals surface area contributed by atoms with Crippen LogP contribution in [0.15, 0.2) is 24.3 Å². The summed E-state index contributed by atoms with van der Waals surface area (Å²) in [5.74, 6) is 0.138. The Balaban J connectivity index is 1.65. The largest absolute Gasteiger partial charge is 0.466 e. The number of carbonyl (C=O) groups excluding carboxylic acids is 3. The van der Waals surface area contributed by atoms with Crippen molar-refractivity contribution in [3.8, 4) is 0 Å². The Morgan fingerprint density at radius 2 is 1.02 bits per heavy atom. The minimum atomic E-state index is -0.0352. The lowest BCUT2D eigenvalue weighted by Gasteiger charge is -2.25. The van der Waals surface area contributed by atoms with Gasteiger partial charge in [-0.1, -0.05) is 180 Å². The second-order valence-electron chi connectivity index (χ2n) is 17.8. The first-order chi connectivity index (χ1) is 29.0. The lowest BCUT2D eigenvalue weighted by molar-refractivity contribution is -0.150. The van der Waals surface area contributed by atoms with Gasteiger partial charge in [0, 0.05) is 38.0 Å². The molecule has 1 aliphatic rings. The number of fused-ring (bicyclic) bond motifs is 1. The lowest BCUT2D eigenvalue weighted by atomic mass is 10.0. The average Bonchev–Trinajstić information content (AvgIpc) is 3.56. The summed E-state index contributed by atoms with van der Waals surface area (Å²) in [7, 11) is 0. The van der Waals surface area contributed by atoms with Crippen LogP contribution >= 0.6 is 0 Å². The van der Waals surface area contributed by atoms with E-state index in [4.69, 9.17) is 9.47 Å². The molecule has 0 aromatic heterocycles. The van der Waals surface area contributed by atoms with Crippen molar-refractivity contribution < 1.29 is 23.9 Å². The van der Waals surface area contributed by atoms with Crippen molar-refractivity contribution >= 4 is 17.8 Å². The van der Waals surface area contributed by atoms with Crippen molar-refractivity contribution in [2.75, 3.05) is 32.8 Å². The fourth-order valence-corrected chi connectivity index (χ4v) is 8.49. The van der Waals surface area contributed by atoms with Gasteiger partial charge in [-0.05, 0) is 82.5 Å². The third-order valence-corrected chi connectivity index (χ3v) is 12.4. The summed E-state index contributed by atoms with van der Waals surface area (Å²) in [6.07, 6.45) is 38.0. The average molecular weight is 825 g/mol. The van der Waals surface area contributed by atoms with Crippen LogP contribution in [0.3, 0.4) is 0 Å². The molecule has 2 rings (SSSR count). The van der Waals surface area contributed by atoms with Crippen LogP contribution in [0.1, 0.15) is 249 Å². The lowest BCUT2D eigenvalue weighted by Crippen LogP contribution is -2.36. The number of nitrogens with zero attached hydrogens (tertiary/aromatic N) is 2. The highest BCUT2D eigenvalue weighted by molar-refractivity contribution is 5.98. The summed E-state index contributed by atoms with van der Waals surface area (Å²) in [5, 5.41) is 0. The van der Waals surface area contributed by atoms with Crippen molar-refractivity contribution in [2.24, 2.45) is 0 Å². The molecule has 1 aromatic carbocycles. The molecule has 59 heavy (non-hydrogen) atoms. The molecule has 0 saturated heterocycles. The zero-order chi connectivity index (χ0) is 42.4. The number of carbonyl (C=O) groups is 3. The van der Waals surface area contributed by atoms with E-state index in [1.165, 1.54) is 109 Å². The third-order valence-electron chi connectivity index (χ3n) is 12.4. The van der Waals surface area contributed by atoms with Crippen LogP contribution in [0.25, 0.3) is 0 Å². The fourth-order valence-electron chi connectivity index (χ4n) is 8.49. The second-order valence-corrected chi connectivity index (χ2v) is 17.8. The molecular weight excluding hydrogens is 733 g/mol. The molecule has 0 N–H and O–H groups in total. The predicted molar refractivity (Wildman–Crippen MR) is 248 cm³/mol. The van der Waals surface area contributed by atoms with Gasteiger partial charge in [-0.2, -0.15) is 0 Å². The highest BCUT2D eigenvalue weighted by atomic mass is 16.5. The zero-order valence-corrected chi connectivity index (χ0v) is 38.9. The molecule has 0 radical (unpaired) electrons. The van der Waals surface area contributed by atoms with Gasteiger partial charge in [-0.15, -0.1) is 0 Å². The minimum Gasteiger partial charge on any atom is -0.466 e. The Labute approximate surface area is 363 Å². The van der Waals surface area contributed by atoms with E-state index in [-0.39, 0.29) is 23.9 Å². The van der Waals surface area contributed by atoms with E-state index >= 15 is 0 Å². The van der Waals surface area contributed by atoms with Crippen LogP contribution in [0.2, 0.25) is 0 Å². The molecule has 0 spiro atoms. The summed E-state index contributed by atoms with van der Waals surface area (Å²) >= 11 is 0. The van der Waals surface area contributed by atoms with E-state index in [0.717, 1.165) is 127 Å². The Morgan fingerprint density at radius 1 is 0.559 bits per heavy atom. The Morgan fingerprint density at radius 3 is 1.56 bits per heavy atom. The summed E-state index contributed by atoms with van der Waals surface area (Å²) in [6, 6.07) is 8.01. The molecular formula is C52H92N2O5. The Kier molecular flexibility index (Phi) is 33.4. The van der Waals surface area contributed by atoms with Crippen LogP contribution in [-0.2, 0) is 25.6 Å². The van der Waals surface area contributed by atoms with Gasteiger partial charge < -0.3 is 19.3 Å². The van der Waals surface area contributed by atoms with E-state index in [1.54, 1.807) is 0 Å². The summed E-state index contributed by atoms with van der Waals surface area (Å²) in [5.41, 5.74) is 2.00. The van der Waals surface area contributed by atoms with E-state index < -0.39 is 0 Å². The second kappa shape index (κ2) is 37.4. The SMILES string of the molecule is CCCCCCCCCOC(=O)CCCCCCCN(CCCCCCCC(=O)OC(CCCCCCCC)CCCCCCCC)CCN1Cc2ccccc2C1=O. The van der Waals surface area contributed by atoms with Crippen LogP contribution in [-0.4, -0.2) is 66.5 Å². The normalized spacial score (nSPS) is 12.6. The number of unbranched alkanes of at least 4 members (excludes halogenated alkanes) is 24. The molecule has 0 saturated carbocycles. The standard InChI is InChI=1S/C52H92N2O5/c1-4-7-10-13-16-25-34-45-58-50(55)39-28-21-17-23-32-41-53(43-44-54-46-47-35-30-31-38-49(47)52(54)57)42-33-24-18-22-29-40-51(56)59-48(36-26-19-14-11-8-5-2)37-27-20-15-12-9-6-3/h30-31,35,38,48H,4-29,32-34,36-37,39-46H2,1-3H3. The highest BCUT2D eigenvalue weighted by Crippen LogP contribution is 2.23. The third kappa shape index (κ3) is 27.9. The molecule has 0 bridgehead atoms. The highest BCUT2D eigenvalue weighted by Gasteiger charge is 2.26. The Bertz CT molecular complexity index is 1160. The van der Waals surface area contributed by atoms with Gasteiger partial charge in [0.15, 0.2) is 0 Å². The van der Waals surface area contributed by atoms with Crippen molar-refractivity contribution in [3.05, 3.63) is 35.4 Å². The molecule has 7 nitrogen and oxygen atoms in total. The number of hydrogen-bond acceptors (Lipinski definition) is 6. The van der Waals surface area contributed by atoms with E-state index in [9.17, 15) is 14.4 Å². The Hall–Kier alpha value is -2.41. The van der Waals surface area contributed by atoms with E-state index in [2.05, 4.69) is 31.7 Å². The number of ether oxygens (including phenoxy) is 2. The van der Waals surface area contributed by atoms with Crippen molar-refractivity contribution in [2.45, 2.75) is 245 Å². The number of esters is 2. The first-order valence-electron chi connectivity index (χ1n) is 25.4. The molecule has 1 aliphatic heterocycles. The van der Waals surface area contributed by atoms with Crippen LogP contribution in [0.5, 0.6) is 0 Å². The van der Waals surface area contributed by atoms with E-state index in [1.807, 2.05) is 23.1 Å². The zero-order valence-electron chi connectivity index (χ0n) is 38.9. The fraction of sp³-hybridized carbons (Fsp3) is 0.827. The van der Waals surface area contributed by atoms with Crippen LogP contribution in [0, 0.1) is 0 Å². The molecule has 1 amide bonds. The molecule has 1 heterocycles. The minimum absolute atomic E-state index is 0.00971. The van der Waals surface area contributed by atoms with Gasteiger partial charge in [0.05, 0.1) is 6.61 Å². The number of amides is 1. The summed E-state index contributed by atoms with van der Waals surface area (Å²) < 4.78 is 11.6. The monoisotopic (exact) mass is 825 g/mol. The number of hydrogen-bond donors (Lipinski definition) is 0. The topological polar surface area (TPSA) is 76.2 Å². The maximum atomic E-state index is 13.0. The molecule has 7 heteroatoms. The van der Waals surface area contributed by atoms with Crippen LogP contribution in [0.4, 0.5) is 0 Å². The number of benzene rings is 1. The molecule has 340 valence electrons. The maximum absolute atomic E-state index is 13.0. The van der Waals surface area contributed by atoms with Crippen molar-refractivity contribution in [1.82, 2.24) is 9.80 Å². The van der Waals surface area contributed by atoms with Crippen LogP contribution < -0.4 is 0 Å². The maximum Gasteiger partial charge on any atom is 0.306 e. The van der Waals surface area contributed by atoms with E-state index in [0.29, 0.717) is 26.0 Å². The number of rotatable bonds is 42. The molecule has 0 unspecified atom stereocenters. The predicted octanol–water partition coefficient (Wildman–Crippen LogP) is 14.3. The van der Waals surface area contributed by atoms with Gasteiger partial charge in [0.2, 0.25) is 0 Å². The van der Waals surface area contributed by atoms with Gasteiger partial charge in [-0.3, -0.25) is 14.4 Å². The van der Waals surface area contributed by atoms with Gasteiger partial charge in [-0.25, -0.2) is 0 Å².